The van der Waals surface area contributed by atoms with Gasteiger partial charge in [0, 0.05) is 27.7 Å². The van der Waals surface area contributed by atoms with Crippen molar-refractivity contribution < 1.29 is 9.53 Å². The van der Waals surface area contributed by atoms with E-state index in [2.05, 4.69) is 20.9 Å². The van der Waals surface area contributed by atoms with Gasteiger partial charge in [-0.25, -0.2) is 4.99 Å². The molecule has 122 valence electrons. The molecule has 2 aromatic carbocycles. The number of halogens is 2. The largest absolute Gasteiger partial charge is 0.502 e. The number of aliphatic imine (C=N–C) groups is 1. The molecule has 1 amide bonds. The molecule has 0 atom stereocenters. The van der Waals surface area contributed by atoms with E-state index in [9.17, 15) is 4.79 Å². The molecule has 1 heterocycles. The minimum atomic E-state index is -0.248. The molecule has 3 rings (SSSR count). The van der Waals surface area contributed by atoms with Crippen LogP contribution in [0, 0.1) is 0 Å². The molecule has 4 nitrogen and oxygen atoms in total. The number of rotatable bonds is 2. The summed E-state index contributed by atoms with van der Waals surface area (Å²) in [5, 5.41) is 0.566. The molecule has 1 aliphatic heterocycles. The number of nitrogens with zero attached hydrogens (tertiary/aromatic N) is 2. The molecular weight excluding hydrogens is 392 g/mol. The van der Waals surface area contributed by atoms with E-state index in [1.807, 2.05) is 36.4 Å². The summed E-state index contributed by atoms with van der Waals surface area (Å²) in [5.74, 6) is -0.248. The lowest BCUT2D eigenvalue weighted by molar-refractivity contribution is -0.115. The van der Waals surface area contributed by atoms with E-state index in [0.717, 1.165) is 21.3 Å². The maximum atomic E-state index is 12.7. The molecule has 6 heteroatoms. The van der Waals surface area contributed by atoms with Gasteiger partial charge in [-0.3, -0.25) is 4.79 Å². The third kappa shape index (κ3) is 2.97. The quantitative estimate of drug-likeness (QED) is 0.549. The number of fused-ring (bicyclic) bond motifs is 1. The minimum Gasteiger partial charge on any atom is -0.502 e. The van der Waals surface area contributed by atoms with Crippen LogP contribution in [0.2, 0.25) is 5.02 Å². The summed E-state index contributed by atoms with van der Waals surface area (Å²) >= 11 is 9.86. The summed E-state index contributed by atoms with van der Waals surface area (Å²) in [4.78, 5) is 18.8. The van der Waals surface area contributed by atoms with E-state index in [-0.39, 0.29) is 11.6 Å². The number of likely N-dealkylation sites (N-methyl/N-ethyl adjacent to an activating group) is 1. The minimum absolute atomic E-state index is 0.210. The predicted molar refractivity (Wildman–Crippen MR) is 99.7 cm³/mol. The normalized spacial score (nSPS) is 15.8. The molecule has 0 fully saturated rings. The Kier molecular flexibility index (Phi) is 4.73. The molecule has 0 N–H and O–H groups in total. The molecule has 0 saturated carbocycles. The van der Waals surface area contributed by atoms with Gasteiger partial charge in [0.05, 0.1) is 18.5 Å². The van der Waals surface area contributed by atoms with Crippen molar-refractivity contribution in [1.29, 1.82) is 0 Å². The van der Waals surface area contributed by atoms with Crippen molar-refractivity contribution in [2.45, 2.75) is 0 Å². The van der Waals surface area contributed by atoms with Gasteiger partial charge in [-0.05, 0) is 24.3 Å². The maximum Gasteiger partial charge on any atom is 0.279 e. The van der Waals surface area contributed by atoms with Crippen LogP contribution in [0.3, 0.4) is 0 Å². The van der Waals surface area contributed by atoms with Crippen LogP contribution in [0.1, 0.15) is 11.1 Å². The molecule has 0 spiro atoms. The second-order valence-electron chi connectivity index (χ2n) is 5.20. The topological polar surface area (TPSA) is 41.9 Å². The number of ether oxygens (including phenoxy) is 1. The van der Waals surface area contributed by atoms with E-state index >= 15 is 0 Å². The number of hydrogen-bond acceptors (Lipinski definition) is 3. The highest BCUT2D eigenvalue weighted by Crippen LogP contribution is 2.32. The summed E-state index contributed by atoms with van der Waals surface area (Å²) in [6, 6.07) is 13.1. The average molecular weight is 406 g/mol. The van der Waals surface area contributed by atoms with Crippen molar-refractivity contribution in [3.63, 3.8) is 0 Å². The highest BCUT2D eigenvalue weighted by molar-refractivity contribution is 9.10. The summed E-state index contributed by atoms with van der Waals surface area (Å²) in [5.41, 5.74) is 3.15. The summed E-state index contributed by atoms with van der Waals surface area (Å²) in [6.45, 7) is 0. The van der Waals surface area contributed by atoms with E-state index in [4.69, 9.17) is 16.3 Å². The first kappa shape index (κ1) is 16.7. The summed E-state index contributed by atoms with van der Waals surface area (Å²) < 4.78 is 5.92. The van der Waals surface area contributed by atoms with Crippen molar-refractivity contribution in [3.05, 3.63) is 75.0 Å². The van der Waals surface area contributed by atoms with Gasteiger partial charge in [0.1, 0.15) is 6.26 Å². The SMILES string of the molecule is COC=C1N=C(c2ccccc2Cl)c2cc(Br)ccc2N(C)C1=O. The van der Waals surface area contributed by atoms with Crippen molar-refractivity contribution in [2.24, 2.45) is 4.99 Å². The second-order valence-corrected chi connectivity index (χ2v) is 6.53. The molecule has 2 aromatic rings. The van der Waals surface area contributed by atoms with Gasteiger partial charge in [-0.15, -0.1) is 0 Å². The van der Waals surface area contributed by atoms with Crippen LogP contribution < -0.4 is 4.90 Å². The fourth-order valence-corrected chi connectivity index (χ4v) is 3.13. The highest BCUT2D eigenvalue weighted by atomic mass is 79.9. The van der Waals surface area contributed by atoms with Crippen LogP contribution in [-0.4, -0.2) is 25.8 Å². The Morgan fingerprint density at radius 3 is 2.67 bits per heavy atom. The predicted octanol–water partition coefficient (Wildman–Crippen LogP) is 4.40. The van der Waals surface area contributed by atoms with Crippen LogP contribution in [0.5, 0.6) is 0 Å². The van der Waals surface area contributed by atoms with Gasteiger partial charge in [0.2, 0.25) is 0 Å². The average Bonchev–Trinajstić information content (AvgIpc) is 2.66. The Morgan fingerprint density at radius 2 is 1.96 bits per heavy atom. The number of carbonyl (C=O) groups is 1. The van der Waals surface area contributed by atoms with E-state index in [0.29, 0.717) is 10.7 Å². The first-order valence-electron chi connectivity index (χ1n) is 7.17. The lowest BCUT2D eigenvalue weighted by Gasteiger charge is -2.18. The molecule has 0 radical (unpaired) electrons. The molecule has 1 aliphatic rings. The maximum absolute atomic E-state index is 12.7. The van der Waals surface area contributed by atoms with E-state index < -0.39 is 0 Å². The van der Waals surface area contributed by atoms with Gasteiger partial charge in [-0.2, -0.15) is 0 Å². The Bertz CT molecular complexity index is 877. The Labute approximate surface area is 153 Å². The Hall–Kier alpha value is -2.11. The molecular formula is C18H14BrClN2O2. The van der Waals surface area contributed by atoms with Crippen LogP contribution in [0.4, 0.5) is 5.69 Å². The Morgan fingerprint density at radius 1 is 1.21 bits per heavy atom. The zero-order valence-corrected chi connectivity index (χ0v) is 15.4. The Balaban J connectivity index is 2.34. The van der Waals surface area contributed by atoms with Crippen molar-refractivity contribution >= 4 is 44.8 Å². The van der Waals surface area contributed by atoms with Crippen molar-refractivity contribution in [1.82, 2.24) is 0 Å². The van der Waals surface area contributed by atoms with Crippen molar-refractivity contribution in [2.75, 3.05) is 19.1 Å². The first-order chi connectivity index (χ1) is 11.5. The third-order valence-corrected chi connectivity index (χ3v) is 4.51. The van der Waals surface area contributed by atoms with Crippen LogP contribution in [0.25, 0.3) is 0 Å². The zero-order valence-electron chi connectivity index (χ0n) is 13.1. The number of benzene rings is 2. The fourth-order valence-electron chi connectivity index (χ4n) is 2.55. The van der Waals surface area contributed by atoms with Crippen molar-refractivity contribution in [3.8, 4) is 0 Å². The molecule has 0 bridgehead atoms. The van der Waals surface area contributed by atoms with Gasteiger partial charge in [0.15, 0.2) is 5.70 Å². The summed E-state index contributed by atoms with van der Waals surface area (Å²) in [7, 11) is 3.20. The lowest BCUT2D eigenvalue weighted by Crippen LogP contribution is -2.27. The fraction of sp³-hybridized carbons (Fsp3) is 0.111. The van der Waals surface area contributed by atoms with Gasteiger partial charge in [0.25, 0.3) is 5.91 Å². The van der Waals surface area contributed by atoms with Crippen LogP contribution in [-0.2, 0) is 9.53 Å². The molecule has 24 heavy (non-hydrogen) atoms. The molecule has 0 aromatic heterocycles. The summed E-state index contributed by atoms with van der Waals surface area (Å²) in [6.07, 6.45) is 1.34. The van der Waals surface area contributed by atoms with Crippen LogP contribution >= 0.6 is 27.5 Å². The third-order valence-electron chi connectivity index (χ3n) is 3.69. The molecule has 0 aliphatic carbocycles. The smallest absolute Gasteiger partial charge is 0.279 e. The number of methoxy groups -OCH3 is 1. The lowest BCUT2D eigenvalue weighted by atomic mass is 10.0. The highest BCUT2D eigenvalue weighted by Gasteiger charge is 2.27. The second kappa shape index (κ2) is 6.79. The monoisotopic (exact) mass is 404 g/mol. The molecule has 0 unspecified atom stereocenters. The van der Waals surface area contributed by atoms with Gasteiger partial charge in [-0.1, -0.05) is 45.7 Å². The van der Waals surface area contributed by atoms with E-state index in [1.165, 1.54) is 13.4 Å². The number of hydrogen-bond donors (Lipinski definition) is 0. The van der Waals surface area contributed by atoms with Crippen LogP contribution in [0.15, 0.2) is 63.9 Å². The van der Waals surface area contributed by atoms with Gasteiger partial charge < -0.3 is 9.64 Å². The van der Waals surface area contributed by atoms with Gasteiger partial charge >= 0.3 is 0 Å². The number of amides is 1. The number of carbonyl (C=O) groups excluding carboxylic acids is 1. The number of anilines is 1. The van der Waals surface area contributed by atoms with E-state index in [1.54, 1.807) is 18.0 Å². The standard InChI is InChI=1S/C18H14BrClN2O2/c1-22-16-8-7-11(19)9-13(16)17(12-5-3-4-6-14(12)20)21-15(10-24-2)18(22)23/h3-10H,1-2H3. The number of benzodiazepines with no additional fused rings is 1. The first-order valence-corrected chi connectivity index (χ1v) is 8.34. The zero-order chi connectivity index (χ0) is 17.3. The molecule has 0 saturated heterocycles.